The molecule has 0 rings (SSSR count). The van der Waals surface area contributed by atoms with Gasteiger partial charge in [-0.25, -0.2) is 4.79 Å². The Bertz CT molecular complexity index is 63.2. The Kier molecular flexibility index (Phi) is 3.04. The first-order chi connectivity index (χ1) is 3.31. The van der Waals surface area contributed by atoms with Crippen molar-refractivity contribution in [3.63, 3.8) is 0 Å². The lowest BCUT2D eigenvalue weighted by atomic mass is 11.2. The van der Waals surface area contributed by atoms with Crippen LogP contribution < -0.4 is 5.48 Å². The zero-order chi connectivity index (χ0) is 5.70. The molecular weight excluding hydrogens is 98.0 g/mol. The van der Waals surface area contributed by atoms with Crippen LogP contribution in [0.15, 0.2) is 0 Å². The van der Waals surface area contributed by atoms with Gasteiger partial charge in [0.2, 0.25) is 0 Å². The van der Waals surface area contributed by atoms with E-state index in [1.54, 1.807) is 0 Å². The largest absolute Gasteiger partial charge is 0.451 e. The molecule has 0 saturated heterocycles. The highest BCUT2D eigenvalue weighted by Gasteiger charge is 1.90. The van der Waals surface area contributed by atoms with Gasteiger partial charge in [0.05, 0.1) is 14.2 Å². The molecule has 0 bridgehead atoms. The minimum Gasteiger partial charge on any atom is -0.451 e. The van der Waals surface area contributed by atoms with E-state index >= 15 is 0 Å². The van der Waals surface area contributed by atoms with Crippen molar-refractivity contribution < 1.29 is 14.4 Å². The number of hydrogen-bond acceptors (Lipinski definition) is 3. The minimum atomic E-state index is -0.595. The molecular formula is C3H7NO3. The first kappa shape index (κ1) is 6.23. The van der Waals surface area contributed by atoms with Crippen LogP contribution in [0.5, 0.6) is 0 Å². The van der Waals surface area contributed by atoms with Crippen molar-refractivity contribution in [1.29, 1.82) is 0 Å². The standard InChI is InChI=1S/C3H7NO3/c1-6-3(5)4-7-2/h1-2H3,(H,4,5). The van der Waals surface area contributed by atoms with Gasteiger partial charge < -0.3 is 4.74 Å². The second kappa shape index (κ2) is 3.42. The van der Waals surface area contributed by atoms with Crippen LogP contribution in [-0.2, 0) is 9.57 Å². The fourth-order valence-electron chi connectivity index (χ4n) is 0.125. The van der Waals surface area contributed by atoms with E-state index in [0.29, 0.717) is 0 Å². The van der Waals surface area contributed by atoms with Gasteiger partial charge in [-0.3, -0.25) is 4.84 Å². The number of rotatable bonds is 1. The fraction of sp³-hybridized carbons (Fsp3) is 0.667. The van der Waals surface area contributed by atoms with E-state index < -0.39 is 6.09 Å². The molecule has 1 N–H and O–H groups in total. The van der Waals surface area contributed by atoms with Crippen LogP contribution in [-0.4, -0.2) is 20.3 Å². The van der Waals surface area contributed by atoms with Gasteiger partial charge in [0.1, 0.15) is 0 Å². The first-order valence-corrected chi connectivity index (χ1v) is 1.68. The number of amides is 1. The second-order valence-corrected chi connectivity index (χ2v) is 0.798. The topological polar surface area (TPSA) is 47.6 Å². The third-order valence-corrected chi connectivity index (χ3v) is 0.371. The van der Waals surface area contributed by atoms with Gasteiger partial charge >= 0.3 is 6.09 Å². The maximum atomic E-state index is 9.95. The molecule has 0 aliphatic carbocycles. The minimum absolute atomic E-state index is 0.595. The number of carbonyl (C=O) groups is 1. The fourth-order valence-corrected chi connectivity index (χ4v) is 0.125. The zero-order valence-corrected chi connectivity index (χ0v) is 4.22. The van der Waals surface area contributed by atoms with Crippen molar-refractivity contribution in [2.45, 2.75) is 0 Å². The molecule has 0 spiro atoms. The monoisotopic (exact) mass is 105 g/mol. The summed E-state index contributed by atoms with van der Waals surface area (Å²) in [6, 6.07) is 0. The average Bonchev–Trinajstić information content (AvgIpc) is 1.68. The molecule has 0 heterocycles. The lowest BCUT2D eigenvalue weighted by Gasteiger charge is -1.95. The van der Waals surface area contributed by atoms with E-state index in [2.05, 4.69) is 9.57 Å². The van der Waals surface area contributed by atoms with Crippen LogP contribution in [0.1, 0.15) is 0 Å². The van der Waals surface area contributed by atoms with Gasteiger partial charge in [0, 0.05) is 0 Å². The Labute approximate surface area is 41.4 Å². The molecule has 1 amide bonds. The summed E-state index contributed by atoms with van der Waals surface area (Å²) in [5.41, 5.74) is 1.93. The predicted molar refractivity (Wildman–Crippen MR) is 22.5 cm³/mol. The van der Waals surface area contributed by atoms with Crippen molar-refractivity contribution in [3.8, 4) is 0 Å². The van der Waals surface area contributed by atoms with Crippen molar-refractivity contribution >= 4 is 6.09 Å². The van der Waals surface area contributed by atoms with Crippen LogP contribution in [0.2, 0.25) is 0 Å². The van der Waals surface area contributed by atoms with Gasteiger partial charge in [-0.15, -0.1) is 0 Å². The molecule has 4 nitrogen and oxygen atoms in total. The van der Waals surface area contributed by atoms with Crippen LogP contribution >= 0.6 is 0 Å². The van der Waals surface area contributed by atoms with E-state index in [-0.39, 0.29) is 0 Å². The molecule has 7 heavy (non-hydrogen) atoms. The summed E-state index contributed by atoms with van der Waals surface area (Å²) in [5.74, 6) is 0. The quantitative estimate of drug-likeness (QED) is 0.474. The normalized spacial score (nSPS) is 7.71. The molecule has 4 heteroatoms. The lowest BCUT2D eigenvalue weighted by Crippen LogP contribution is -2.20. The van der Waals surface area contributed by atoms with Gasteiger partial charge in [0.25, 0.3) is 0 Å². The molecule has 0 aromatic heterocycles. The summed E-state index contributed by atoms with van der Waals surface area (Å²) < 4.78 is 4.12. The lowest BCUT2D eigenvalue weighted by molar-refractivity contribution is 0.0697. The molecule has 0 aromatic rings. The zero-order valence-electron chi connectivity index (χ0n) is 4.22. The molecule has 0 saturated carbocycles. The van der Waals surface area contributed by atoms with Crippen molar-refractivity contribution in [1.82, 2.24) is 5.48 Å². The number of hydroxylamine groups is 1. The van der Waals surface area contributed by atoms with Crippen LogP contribution in [0, 0.1) is 0 Å². The summed E-state index contributed by atoms with van der Waals surface area (Å²) in [7, 11) is 2.59. The first-order valence-electron chi connectivity index (χ1n) is 1.68. The summed E-state index contributed by atoms with van der Waals surface area (Å²) in [6.45, 7) is 0. The number of ether oxygens (including phenoxy) is 1. The third kappa shape index (κ3) is 3.05. The Balaban J connectivity index is 3.00. The van der Waals surface area contributed by atoms with Crippen molar-refractivity contribution in [2.24, 2.45) is 0 Å². The van der Waals surface area contributed by atoms with Crippen LogP contribution in [0.25, 0.3) is 0 Å². The smallest absolute Gasteiger partial charge is 0.431 e. The van der Waals surface area contributed by atoms with E-state index in [1.165, 1.54) is 14.2 Å². The van der Waals surface area contributed by atoms with E-state index in [0.717, 1.165) is 0 Å². The number of carbonyl (C=O) groups excluding carboxylic acids is 1. The highest BCUT2D eigenvalue weighted by molar-refractivity contribution is 5.65. The maximum Gasteiger partial charge on any atom is 0.431 e. The number of nitrogens with one attached hydrogen (secondary N) is 1. The molecule has 0 aliphatic rings. The van der Waals surface area contributed by atoms with Gasteiger partial charge in [-0.1, -0.05) is 0 Å². The predicted octanol–water partition coefficient (Wildman–Crippen LogP) is -0.0962. The van der Waals surface area contributed by atoms with E-state index in [1.807, 2.05) is 5.48 Å². The van der Waals surface area contributed by atoms with Gasteiger partial charge in [0.15, 0.2) is 0 Å². The number of methoxy groups -OCH3 is 1. The number of hydrogen-bond donors (Lipinski definition) is 1. The SMILES string of the molecule is CONC(=O)OC. The summed E-state index contributed by atoms with van der Waals surface area (Å²) in [5, 5.41) is 0. The van der Waals surface area contributed by atoms with Gasteiger partial charge in [-0.2, -0.15) is 5.48 Å². The van der Waals surface area contributed by atoms with Crippen molar-refractivity contribution in [2.75, 3.05) is 14.2 Å². The molecule has 0 fully saturated rings. The third-order valence-electron chi connectivity index (χ3n) is 0.371. The Hall–Kier alpha value is -0.770. The highest BCUT2D eigenvalue weighted by Crippen LogP contribution is 1.66. The maximum absolute atomic E-state index is 9.95. The molecule has 0 aliphatic heterocycles. The Morgan fingerprint density at radius 3 is 2.29 bits per heavy atom. The van der Waals surface area contributed by atoms with Crippen LogP contribution in [0.3, 0.4) is 0 Å². The van der Waals surface area contributed by atoms with Gasteiger partial charge in [-0.05, 0) is 0 Å². The second-order valence-electron chi connectivity index (χ2n) is 0.798. The van der Waals surface area contributed by atoms with Crippen molar-refractivity contribution in [3.05, 3.63) is 0 Å². The molecule has 0 unspecified atom stereocenters. The average molecular weight is 105 g/mol. The Morgan fingerprint density at radius 1 is 1.57 bits per heavy atom. The molecule has 0 radical (unpaired) electrons. The van der Waals surface area contributed by atoms with E-state index in [4.69, 9.17) is 0 Å². The Morgan fingerprint density at radius 2 is 2.14 bits per heavy atom. The summed E-state index contributed by atoms with van der Waals surface area (Å²) >= 11 is 0. The van der Waals surface area contributed by atoms with E-state index in [9.17, 15) is 4.79 Å². The molecule has 42 valence electrons. The highest BCUT2D eigenvalue weighted by atomic mass is 16.7. The molecule has 0 aromatic carbocycles. The molecule has 0 atom stereocenters. The summed E-state index contributed by atoms with van der Waals surface area (Å²) in [4.78, 5) is 14.1. The van der Waals surface area contributed by atoms with Crippen LogP contribution in [0.4, 0.5) is 4.79 Å². The summed E-state index contributed by atoms with van der Waals surface area (Å²) in [6.07, 6.45) is -0.595.